The van der Waals surface area contributed by atoms with Gasteiger partial charge in [-0.2, -0.15) is 0 Å². The molecule has 0 bridgehead atoms. The Bertz CT molecular complexity index is 894. The van der Waals surface area contributed by atoms with E-state index in [9.17, 15) is 14.4 Å². The van der Waals surface area contributed by atoms with Gasteiger partial charge < -0.3 is 5.32 Å². The highest BCUT2D eigenvalue weighted by molar-refractivity contribution is 5.95. The van der Waals surface area contributed by atoms with E-state index in [2.05, 4.69) is 5.32 Å². The van der Waals surface area contributed by atoms with Crippen LogP contribution < -0.4 is 5.32 Å². The number of rotatable bonds is 6. The molecule has 2 aromatic carbocycles. The maximum atomic E-state index is 13.3. The van der Waals surface area contributed by atoms with Crippen molar-refractivity contribution >= 4 is 23.4 Å². The first-order chi connectivity index (χ1) is 14.1. The summed E-state index contributed by atoms with van der Waals surface area (Å²) >= 11 is 0. The number of nitrogens with one attached hydrogen (secondary N) is 1. The summed E-state index contributed by atoms with van der Waals surface area (Å²) in [5, 5.41) is 5.94. The fourth-order valence-electron chi connectivity index (χ4n) is 3.93. The van der Waals surface area contributed by atoms with Gasteiger partial charge in [0.05, 0.1) is 5.41 Å². The van der Waals surface area contributed by atoms with Gasteiger partial charge in [0.25, 0.3) is 5.91 Å². The zero-order valence-corrected chi connectivity index (χ0v) is 16.3. The SMILES string of the molecule is O=C(CCC(=O)N1CCCN1C(=O)C1(c2ccccc2)CC1)Nc1ccccc1. The number of hydrazine groups is 1. The van der Waals surface area contributed by atoms with E-state index in [1.807, 2.05) is 48.5 Å². The van der Waals surface area contributed by atoms with Crippen LogP contribution in [0.5, 0.6) is 0 Å². The molecule has 6 nitrogen and oxygen atoms in total. The Morgan fingerprint density at radius 1 is 0.828 bits per heavy atom. The Hall–Kier alpha value is -3.15. The Morgan fingerprint density at radius 3 is 2.10 bits per heavy atom. The molecule has 0 unspecified atom stereocenters. The third-order valence-corrected chi connectivity index (χ3v) is 5.66. The molecule has 1 aliphatic heterocycles. The zero-order valence-electron chi connectivity index (χ0n) is 16.3. The molecule has 1 N–H and O–H groups in total. The summed E-state index contributed by atoms with van der Waals surface area (Å²) < 4.78 is 0. The molecule has 1 heterocycles. The summed E-state index contributed by atoms with van der Waals surface area (Å²) in [6, 6.07) is 19.0. The average molecular weight is 391 g/mol. The third-order valence-electron chi connectivity index (χ3n) is 5.66. The number of hydrogen-bond acceptors (Lipinski definition) is 3. The molecular weight excluding hydrogens is 366 g/mol. The minimum Gasteiger partial charge on any atom is -0.326 e. The lowest BCUT2D eigenvalue weighted by atomic mass is 9.95. The quantitative estimate of drug-likeness (QED) is 0.823. The van der Waals surface area contributed by atoms with E-state index in [1.54, 1.807) is 22.2 Å². The van der Waals surface area contributed by atoms with Crippen molar-refractivity contribution in [3.8, 4) is 0 Å². The fraction of sp³-hybridized carbons (Fsp3) is 0.348. The summed E-state index contributed by atoms with van der Waals surface area (Å²) in [5.41, 5.74) is 1.24. The molecule has 2 fully saturated rings. The molecule has 3 amide bonds. The first-order valence-corrected chi connectivity index (χ1v) is 10.1. The van der Waals surface area contributed by atoms with Crippen LogP contribution in [0.25, 0.3) is 0 Å². The van der Waals surface area contributed by atoms with Crippen LogP contribution in [0.4, 0.5) is 5.69 Å². The van der Waals surface area contributed by atoms with Crippen LogP contribution in [-0.2, 0) is 19.8 Å². The normalized spacial score (nSPS) is 17.1. The van der Waals surface area contributed by atoms with Gasteiger partial charge in [-0.1, -0.05) is 48.5 Å². The van der Waals surface area contributed by atoms with Crippen LogP contribution >= 0.6 is 0 Å². The van der Waals surface area contributed by atoms with Gasteiger partial charge in [-0.15, -0.1) is 0 Å². The molecule has 1 aliphatic carbocycles. The number of hydrogen-bond donors (Lipinski definition) is 1. The number of benzene rings is 2. The number of nitrogens with zero attached hydrogens (tertiary/aromatic N) is 2. The monoisotopic (exact) mass is 391 g/mol. The van der Waals surface area contributed by atoms with Crippen LogP contribution in [0.15, 0.2) is 60.7 Å². The summed E-state index contributed by atoms with van der Waals surface area (Å²) in [7, 11) is 0. The second kappa shape index (κ2) is 8.07. The van der Waals surface area contributed by atoms with Crippen LogP contribution in [0.1, 0.15) is 37.7 Å². The standard InChI is InChI=1S/C23H25N3O3/c27-20(24-19-10-5-2-6-11-19)12-13-21(28)25-16-7-17-26(25)22(29)23(14-15-23)18-8-3-1-4-9-18/h1-6,8-11H,7,12-17H2,(H,24,27). The summed E-state index contributed by atoms with van der Waals surface area (Å²) in [4.78, 5) is 38.2. The van der Waals surface area contributed by atoms with Crippen LogP contribution in [0, 0.1) is 0 Å². The maximum Gasteiger partial charge on any atom is 0.251 e. The zero-order chi connectivity index (χ0) is 20.3. The van der Waals surface area contributed by atoms with Gasteiger partial charge in [-0.05, 0) is 37.0 Å². The minimum absolute atomic E-state index is 0.00304. The first kappa shape index (κ1) is 19.2. The van der Waals surface area contributed by atoms with Crippen molar-refractivity contribution < 1.29 is 14.4 Å². The molecule has 4 rings (SSSR count). The van der Waals surface area contributed by atoms with Crippen molar-refractivity contribution in [1.29, 1.82) is 0 Å². The fourth-order valence-corrected chi connectivity index (χ4v) is 3.93. The minimum atomic E-state index is -0.491. The molecular formula is C23H25N3O3. The first-order valence-electron chi connectivity index (χ1n) is 10.1. The highest BCUT2D eigenvalue weighted by atomic mass is 16.2. The van der Waals surface area contributed by atoms with Crippen molar-refractivity contribution in [3.05, 3.63) is 66.2 Å². The molecule has 2 aromatic rings. The van der Waals surface area contributed by atoms with E-state index in [-0.39, 0.29) is 30.6 Å². The number of anilines is 1. The summed E-state index contributed by atoms with van der Waals surface area (Å²) in [6.07, 6.45) is 2.57. The van der Waals surface area contributed by atoms with Gasteiger partial charge in [-0.25, -0.2) is 0 Å². The smallest absolute Gasteiger partial charge is 0.251 e. The van der Waals surface area contributed by atoms with Crippen LogP contribution in [0.2, 0.25) is 0 Å². The second-order valence-corrected chi connectivity index (χ2v) is 7.66. The van der Waals surface area contributed by atoms with Crippen molar-refractivity contribution in [3.63, 3.8) is 0 Å². The van der Waals surface area contributed by atoms with Gasteiger partial charge >= 0.3 is 0 Å². The largest absolute Gasteiger partial charge is 0.326 e. The van der Waals surface area contributed by atoms with Crippen molar-refractivity contribution in [2.75, 3.05) is 18.4 Å². The molecule has 29 heavy (non-hydrogen) atoms. The topological polar surface area (TPSA) is 69.7 Å². The predicted octanol–water partition coefficient (Wildman–Crippen LogP) is 3.11. The lowest BCUT2D eigenvalue weighted by Crippen LogP contribution is -2.49. The Labute approximate surface area is 170 Å². The molecule has 150 valence electrons. The Kier molecular flexibility index (Phi) is 5.34. The molecule has 0 spiro atoms. The van der Waals surface area contributed by atoms with Crippen molar-refractivity contribution in [2.24, 2.45) is 0 Å². The van der Waals surface area contributed by atoms with E-state index < -0.39 is 5.41 Å². The maximum absolute atomic E-state index is 13.3. The number of para-hydroxylation sites is 1. The van der Waals surface area contributed by atoms with E-state index in [1.165, 1.54) is 0 Å². The summed E-state index contributed by atoms with van der Waals surface area (Å²) in [6.45, 7) is 1.07. The second-order valence-electron chi connectivity index (χ2n) is 7.66. The number of carbonyl (C=O) groups excluding carboxylic acids is 3. The molecule has 2 aliphatic rings. The van der Waals surface area contributed by atoms with E-state index in [4.69, 9.17) is 0 Å². The molecule has 0 atom stereocenters. The molecule has 1 saturated carbocycles. The van der Waals surface area contributed by atoms with Gasteiger partial charge in [0, 0.05) is 31.6 Å². The third kappa shape index (κ3) is 4.01. The van der Waals surface area contributed by atoms with Gasteiger partial charge in [0.2, 0.25) is 11.8 Å². The van der Waals surface area contributed by atoms with Crippen molar-refractivity contribution in [2.45, 2.75) is 37.5 Å². The lowest BCUT2D eigenvalue weighted by molar-refractivity contribution is -0.159. The number of carbonyl (C=O) groups is 3. The Balaban J connectivity index is 1.36. The van der Waals surface area contributed by atoms with Gasteiger partial charge in [-0.3, -0.25) is 24.4 Å². The Morgan fingerprint density at radius 2 is 1.45 bits per heavy atom. The van der Waals surface area contributed by atoms with Crippen LogP contribution in [-0.4, -0.2) is 40.8 Å². The van der Waals surface area contributed by atoms with E-state index >= 15 is 0 Å². The van der Waals surface area contributed by atoms with Crippen molar-refractivity contribution in [1.82, 2.24) is 10.0 Å². The summed E-state index contributed by atoms with van der Waals surface area (Å²) in [5.74, 6) is -0.379. The highest BCUT2D eigenvalue weighted by Crippen LogP contribution is 2.50. The molecule has 1 saturated heterocycles. The molecule has 0 radical (unpaired) electrons. The van der Waals surface area contributed by atoms with E-state index in [0.29, 0.717) is 18.8 Å². The highest BCUT2D eigenvalue weighted by Gasteiger charge is 2.54. The molecule has 0 aromatic heterocycles. The average Bonchev–Trinajstić information content (AvgIpc) is 3.42. The molecule has 6 heteroatoms. The van der Waals surface area contributed by atoms with Crippen LogP contribution in [0.3, 0.4) is 0 Å². The number of amides is 3. The van der Waals surface area contributed by atoms with Gasteiger partial charge in [0.1, 0.15) is 0 Å². The van der Waals surface area contributed by atoms with E-state index in [0.717, 1.165) is 24.8 Å². The lowest BCUT2D eigenvalue weighted by Gasteiger charge is -2.31. The predicted molar refractivity (Wildman–Crippen MR) is 110 cm³/mol. The van der Waals surface area contributed by atoms with Gasteiger partial charge in [0.15, 0.2) is 0 Å².